The van der Waals surface area contributed by atoms with E-state index in [9.17, 15) is 9.59 Å². The predicted molar refractivity (Wildman–Crippen MR) is 80.4 cm³/mol. The number of aromatic nitrogens is 3. The second kappa shape index (κ2) is 5.51. The van der Waals surface area contributed by atoms with Gasteiger partial charge in [-0.05, 0) is 32.0 Å². The Morgan fingerprint density at radius 3 is 3.00 bits per heavy atom. The summed E-state index contributed by atoms with van der Waals surface area (Å²) in [6.45, 7) is 3.78. The molecule has 0 bridgehead atoms. The molecule has 0 saturated heterocycles. The fourth-order valence-corrected chi connectivity index (χ4v) is 2.33. The number of carbonyl (C=O) groups is 1. The van der Waals surface area contributed by atoms with Crippen molar-refractivity contribution in [3.05, 3.63) is 52.1 Å². The van der Waals surface area contributed by atoms with Gasteiger partial charge in [0.1, 0.15) is 23.8 Å². The molecule has 3 rings (SSSR count). The van der Waals surface area contributed by atoms with Crippen molar-refractivity contribution in [3.8, 4) is 0 Å². The summed E-state index contributed by atoms with van der Waals surface area (Å²) in [6.07, 6.45) is 1.54. The minimum atomic E-state index is -0.269. The molecule has 0 aliphatic heterocycles. The van der Waals surface area contributed by atoms with Crippen molar-refractivity contribution in [3.63, 3.8) is 0 Å². The van der Waals surface area contributed by atoms with Gasteiger partial charge >= 0.3 is 0 Å². The SMILES string of the molecule is Cc1cc2c(=O)n(CC(=O)NCc3ccco3)c(C)nc2[nH]1. The third-order valence-electron chi connectivity index (χ3n) is 3.41. The molecule has 0 aliphatic carbocycles. The van der Waals surface area contributed by atoms with Crippen LogP contribution < -0.4 is 10.9 Å². The van der Waals surface area contributed by atoms with E-state index in [4.69, 9.17) is 4.42 Å². The van der Waals surface area contributed by atoms with Gasteiger partial charge in [-0.2, -0.15) is 0 Å². The van der Waals surface area contributed by atoms with Gasteiger partial charge in [0, 0.05) is 5.69 Å². The maximum Gasteiger partial charge on any atom is 0.263 e. The number of furan rings is 1. The van der Waals surface area contributed by atoms with Crippen LogP contribution in [0.15, 0.2) is 33.7 Å². The first-order valence-electron chi connectivity index (χ1n) is 6.90. The van der Waals surface area contributed by atoms with E-state index in [1.807, 2.05) is 6.92 Å². The van der Waals surface area contributed by atoms with Crippen molar-refractivity contribution < 1.29 is 9.21 Å². The number of hydrogen-bond acceptors (Lipinski definition) is 4. The third kappa shape index (κ3) is 2.65. The fraction of sp³-hybridized carbons (Fsp3) is 0.267. The number of fused-ring (bicyclic) bond motifs is 1. The summed E-state index contributed by atoms with van der Waals surface area (Å²) in [7, 11) is 0. The zero-order valence-corrected chi connectivity index (χ0v) is 12.3. The Labute approximate surface area is 126 Å². The molecule has 2 N–H and O–H groups in total. The van der Waals surface area contributed by atoms with Gasteiger partial charge in [0.2, 0.25) is 5.91 Å². The summed E-state index contributed by atoms with van der Waals surface area (Å²) in [6, 6.07) is 5.26. The minimum absolute atomic E-state index is 0.0709. The molecule has 7 nitrogen and oxygen atoms in total. The number of carbonyl (C=O) groups excluding carboxylic acids is 1. The van der Waals surface area contributed by atoms with Gasteiger partial charge in [-0.1, -0.05) is 0 Å². The molecule has 0 unspecified atom stereocenters. The van der Waals surface area contributed by atoms with Crippen LogP contribution in [0.3, 0.4) is 0 Å². The summed E-state index contributed by atoms with van der Waals surface area (Å²) < 4.78 is 6.51. The largest absolute Gasteiger partial charge is 0.467 e. The molecular formula is C15H16N4O3. The molecule has 1 amide bonds. The summed E-state index contributed by atoms with van der Waals surface area (Å²) in [5.74, 6) is 0.884. The molecule has 0 atom stereocenters. The normalized spacial score (nSPS) is 11.0. The highest BCUT2D eigenvalue weighted by atomic mass is 16.3. The van der Waals surface area contributed by atoms with Gasteiger partial charge in [-0.15, -0.1) is 0 Å². The van der Waals surface area contributed by atoms with Crippen LogP contribution in [-0.2, 0) is 17.9 Å². The molecule has 3 aromatic rings. The Kier molecular flexibility index (Phi) is 3.54. The average molecular weight is 300 g/mol. The van der Waals surface area contributed by atoms with Gasteiger partial charge in [-0.25, -0.2) is 4.98 Å². The van der Waals surface area contributed by atoms with Gasteiger partial charge in [0.25, 0.3) is 5.56 Å². The molecule has 0 spiro atoms. The Hall–Kier alpha value is -2.83. The van der Waals surface area contributed by atoms with E-state index in [1.54, 1.807) is 31.4 Å². The van der Waals surface area contributed by atoms with E-state index < -0.39 is 0 Å². The number of aromatic amines is 1. The number of hydrogen-bond donors (Lipinski definition) is 2. The maximum absolute atomic E-state index is 12.4. The van der Waals surface area contributed by atoms with Crippen molar-refractivity contribution in [1.82, 2.24) is 19.9 Å². The van der Waals surface area contributed by atoms with Crippen molar-refractivity contribution >= 4 is 16.9 Å². The van der Waals surface area contributed by atoms with Crippen LogP contribution in [0.2, 0.25) is 0 Å². The quantitative estimate of drug-likeness (QED) is 0.758. The number of nitrogens with zero attached hydrogens (tertiary/aromatic N) is 2. The van der Waals surface area contributed by atoms with Crippen molar-refractivity contribution in [2.45, 2.75) is 26.9 Å². The van der Waals surface area contributed by atoms with E-state index in [1.165, 1.54) is 4.57 Å². The van der Waals surface area contributed by atoms with E-state index in [0.29, 0.717) is 29.2 Å². The van der Waals surface area contributed by atoms with Crippen molar-refractivity contribution in [2.75, 3.05) is 0 Å². The van der Waals surface area contributed by atoms with Crippen molar-refractivity contribution in [1.29, 1.82) is 0 Å². The monoisotopic (exact) mass is 300 g/mol. The number of amides is 1. The standard InChI is InChI=1S/C15H16N4O3/c1-9-6-12-14(17-9)18-10(2)19(15(12)21)8-13(20)16-7-11-4-3-5-22-11/h3-6,17H,7-8H2,1-2H3,(H,16,20). The van der Waals surface area contributed by atoms with E-state index in [-0.39, 0.29) is 18.0 Å². The summed E-state index contributed by atoms with van der Waals surface area (Å²) in [5.41, 5.74) is 1.19. The van der Waals surface area contributed by atoms with Crippen LogP contribution in [-0.4, -0.2) is 20.4 Å². The second-order valence-electron chi connectivity index (χ2n) is 5.12. The maximum atomic E-state index is 12.4. The number of H-pyrrole nitrogens is 1. The summed E-state index contributed by atoms with van der Waals surface area (Å²) >= 11 is 0. The Morgan fingerprint density at radius 1 is 1.45 bits per heavy atom. The second-order valence-corrected chi connectivity index (χ2v) is 5.12. The smallest absolute Gasteiger partial charge is 0.263 e. The summed E-state index contributed by atoms with van der Waals surface area (Å²) in [4.78, 5) is 31.8. The summed E-state index contributed by atoms with van der Waals surface area (Å²) in [5, 5.41) is 3.20. The van der Waals surface area contributed by atoms with Crippen LogP contribution in [0, 0.1) is 13.8 Å². The molecular weight excluding hydrogens is 284 g/mol. The van der Waals surface area contributed by atoms with Gasteiger partial charge in [-0.3, -0.25) is 14.2 Å². The molecule has 114 valence electrons. The third-order valence-corrected chi connectivity index (χ3v) is 3.41. The highest BCUT2D eigenvalue weighted by molar-refractivity contribution is 5.78. The fourth-order valence-electron chi connectivity index (χ4n) is 2.33. The average Bonchev–Trinajstić information content (AvgIpc) is 3.10. The molecule has 3 aromatic heterocycles. The highest BCUT2D eigenvalue weighted by Gasteiger charge is 2.13. The zero-order chi connectivity index (χ0) is 15.7. The number of nitrogens with one attached hydrogen (secondary N) is 2. The Morgan fingerprint density at radius 2 is 2.27 bits per heavy atom. The Bertz CT molecular complexity index is 874. The number of rotatable bonds is 4. The first-order valence-corrected chi connectivity index (χ1v) is 6.90. The van der Waals surface area contributed by atoms with Gasteiger partial charge < -0.3 is 14.7 Å². The molecule has 0 fully saturated rings. The van der Waals surface area contributed by atoms with Crippen LogP contribution in [0.25, 0.3) is 11.0 Å². The topological polar surface area (TPSA) is 92.9 Å². The first kappa shape index (κ1) is 14.1. The molecule has 0 aromatic carbocycles. The molecule has 3 heterocycles. The zero-order valence-electron chi connectivity index (χ0n) is 12.3. The lowest BCUT2D eigenvalue weighted by atomic mass is 10.3. The van der Waals surface area contributed by atoms with E-state index in [0.717, 1.165) is 5.69 Å². The number of aryl methyl sites for hydroxylation is 2. The van der Waals surface area contributed by atoms with Gasteiger partial charge in [0.05, 0.1) is 18.2 Å². The van der Waals surface area contributed by atoms with Crippen LogP contribution in [0.5, 0.6) is 0 Å². The van der Waals surface area contributed by atoms with E-state index in [2.05, 4.69) is 15.3 Å². The van der Waals surface area contributed by atoms with Crippen LogP contribution >= 0.6 is 0 Å². The molecule has 0 aliphatic rings. The lowest BCUT2D eigenvalue weighted by molar-refractivity contribution is -0.122. The highest BCUT2D eigenvalue weighted by Crippen LogP contribution is 2.09. The van der Waals surface area contributed by atoms with Gasteiger partial charge in [0.15, 0.2) is 0 Å². The first-order chi connectivity index (χ1) is 10.5. The molecule has 22 heavy (non-hydrogen) atoms. The molecule has 0 radical (unpaired) electrons. The van der Waals surface area contributed by atoms with E-state index >= 15 is 0 Å². The van der Waals surface area contributed by atoms with Crippen LogP contribution in [0.4, 0.5) is 0 Å². The van der Waals surface area contributed by atoms with Crippen LogP contribution in [0.1, 0.15) is 17.3 Å². The van der Waals surface area contributed by atoms with Crippen molar-refractivity contribution in [2.24, 2.45) is 0 Å². The lowest BCUT2D eigenvalue weighted by Gasteiger charge is -2.09. The molecule has 0 saturated carbocycles. The Balaban J connectivity index is 1.81. The minimum Gasteiger partial charge on any atom is -0.467 e. The molecule has 7 heteroatoms. The lowest BCUT2D eigenvalue weighted by Crippen LogP contribution is -2.33. The predicted octanol–water partition coefficient (Wildman–Crippen LogP) is 1.25.